The lowest BCUT2D eigenvalue weighted by molar-refractivity contribution is -0.447. The third-order valence-electron chi connectivity index (χ3n) is 8.41. The van der Waals surface area contributed by atoms with Crippen LogP contribution in [-0.4, -0.2) is 95.8 Å². The lowest BCUT2D eigenvalue weighted by Crippen LogP contribution is -2.74. The van der Waals surface area contributed by atoms with Gasteiger partial charge in [-0.1, -0.05) is 36.4 Å². The molecule has 60 heavy (non-hydrogen) atoms. The van der Waals surface area contributed by atoms with Gasteiger partial charge in [-0.15, -0.1) is 0 Å². The molecular formula is C28H12F32. The highest BCUT2D eigenvalue weighted by atomic mass is 19.4. The van der Waals surface area contributed by atoms with Crippen LogP contribution >= 0.6 is 0 Å². The maximum atomic E-state index is 15.0. The Hall–Kier alpha value is -3.54. The Morgan fingerprint density at radius 3 is 0.933 bits per heavy atom. The number of fused-ring (bicyclic) bond motifs is 1. The number of benzene rings is 2. The van der Waals surface area contributed by atoms with E-state index in [1.165, 1.54) is 0 Å². The predicted octanol–water partition coefficient (Wildman–Crippen LogP) is 13.3. The van der Waals surface area contributed by atoms with E-state index in [0.717, 1.165) is 0 Å². The van der Waals surface area contributed by atoms with E-state index in [-0.39, 0.29) is 12.1 Å². The van der Waals surface area contributed by atoms with Gasteiger partial charge in [-0.3, -0.25) is 0 Å². The molecule has 0 N–H and O–H groups in total. The maximum Gasteiger partial charge on any atom is 0.384 e. The van der Waals surface area contributed by atoms with Crippen molar-refractivity contribution in [2.45, 2.75) is 109 Å². The number of hydrogen-bond acceptors (Lipinski definition) is 0. The molecule has 0 aliphatic carbocycles. The molecule has 2 aromatic carbocycles. The summed E-state index contributed by atoms with van der Waals surface area (Å²) in [5.74, 6) is -119. The van der Waals surface area contributed by atoms with Gasteiger partial charge in [0.05, 0.1) is 0 Å². The van der Waals surface area contributed by atoms with E-state index in [1.54, 1.807) is 0 Å². The first-order chi connectivity index (χ1) is 26.0. The molecule has 0 saturated carbocycles. The molecule has 0 fully saturated rings. The standard InChI is InChI=1S/C28H12F32/c29-13(30)17(37,38)21(45,46)25(53,54)27(57,58)23(49,50)19(41,42)15(33,34)7-10-6-5-9-3-1-2-4-11(9)12(10)8-16(35,36)20(43,44)24(51,52)28(59,60)26(55,56)22(47,48)18(39,40)14(31)32/h1-6,13-14H,7-8H2. The van der Waals surface area contributed by atoms with E-state index in [9.17, 15) is 140 Å². The van der Waals surface area contributed by atoms with Gasteiger partial charge in [-0.25, -0.2) is 17.6 Å². The summed E-state index contributed by atoms with van der Waals surface area (Å²) >= 11 is 0. The normalized spacial score (nSPS) is 16.1. The van der Waals surface area contributed by atoms with Crippen molar-refractivity contribution in [1.82, 2.24) is 0 Å². The second kappa shape index (κ2) is 14.5. The van der Waals surface area contributed by atoms with Crippen LogP contribution in [0.25, 0.3) is 10.8 Å². The van der Waals surface area contributed by atoms with E-state index in [1.807, 2.05) is 0 Å². The van der Waals surface area contributed by atoms with Gasteiger partial charge in [0.15, 0.2) is 0 Å². The summed E-state index contributed by atoms with van der Waals surface area (Å²) in [4.78, 5) is 0. The number of alkyl halides is 32. The Kier molecular flexibility index (Phi) is 12.7. The molecule has 2 rings (SSSR count). The summed E-state index contributed by atoms with van der Waals surface area (Å²) in [7, 11) is 0. The fraction of sp³-hybridized carbons (Fsp3) is 0.643. The van der Waals surface area contributed by atoms with Crippen molar-refractivity contribution >= 4 is 10.8 Å². The molecule has 0 saturated heterocycles. The minimum absolute atomic E-state index is 0.112. The zero-order chi connectivity index (χ0) is 48.1. The summed E-state index contributed by atoms with van der Waals surface area (Å²) in [6.45, 7) is 0. The van der Waals surface area contributed by atoms with E-state index in [0.29, 0.717) is 18.2 Å². The average molecular weight is 956 g/mol. The van der Waals surface area contributed by atoms with Crippen LogP contribution in [0.3, 0.4) is 0 Å². The van der Waals surface area contributed by atoms with Gasteiger partial charge in [-0.05, 0) is 21.9 Å². The second-order valence-electron chi connectivity index (χ2n) is 12.3. The van der Waals surface area contributed by atoms with Crippen LogP contribution in [0.2, 0.25) is 0 Å². The fourth-order valence-corrected chi connectivity index (χ4v) is 4.77. The van der Waals surface area contributed by atoms with E-state index in [4.69, 9.17) is 0 Å². The molecule has 0 heterocycles. The molecule has 0 aliphatic heterocycles. The average Bonchev–Trinajstić information content (AvgIpc) is 3.07. The summed E-state index contributed by atoms with van der Waals surface area (Å²) in [5, 5.41) is -2.49. The molecule has 0 spiro atoms. The Labute approximate surface area is 308 Å². The van der Waals surface area contributed by atoms with Crippen molar-refractivity contribution in [1.29, 1.82) is 0 Å². The Morgan fingerprint density at radius 1 is 0.317 bits per heavy atom. The van der Waals surface area contributed by atoms with Crippen molar-refractivity contribution in [2.75, 3.05) is 0 Å². The van der Waals surface area contributed by atoms with Crippen LogP contribution in [0.1, 0.15) is 11.1 Å². The van der Waals surface area contributed by atoms with Gasteiger partial charge in [0.2, 0.25) is 0 Å². The molecule has 0 nitrogen and oxygen atoms in total. The lowest BCUT2D eigenvalue weighted by atomic mass is 9.83. The van der Waals surface area contributed by atoms with Gasteiger partial charge in [0, 0.05) is 12.8 Å². The van der Waals surface area contributed by atoms with Crippen molar-refractivity contribution in [3.05, 3.63) is 47.5 Å². The predicted molar refractivity (Wildman–Crippen MR) is 133 cm³/mol. The maximum absolute atomic E-state index is 15.0. The number of hydrogen-bond donors (Lipinski definition) is 0. The highest BCUT2D eigenvalue weighted by molar-refractivity contribution is 5.87. The van der Waals surface area contributed by atoms with Crippen molar-refractivity contribution in [3.8, 4) is 0 Å². The first-order valence-electron chi connectivity index (χ1n) is 14.4. The number of halogens is 32. The molecule has 0 bridgehead atoms. The lowest BCUT2D eigenvalue weighted by Gasteiger charge is -2.43. The summed E-state index contributed by atoms with van der Waals surface area (Å²) in [6, 6.07) is 1.39. The fourth-order valence-electron chi connectivity index (χ4n) is 4.77. The van der Waals surface area contributed by atoms with Gasteiger partial charge in [-0.2, -0.15) is 123 Å². The van der Waals surface area contributed by atoms with Crippen LogP contribution in [0.4, 0.5) is 140 Å². The molecule has 0 radical (unpaired) electrons. The molecule has 0 unspecified atom stereocenters. The highest BCUT2D eigenvalue weighted by Gasteiger charge is 2.95. The number of rotatable bonds is 18. The van der Waals surface area contributed by atoms with Gasteiger partial charge in [0.1, 0.15) is 0 Å². The van der Waals surface area contributed by atoms with Crippen LogP contribution in [0.5, 0.6) is 0 Å². The topological polar surface area (TPSA) is 0 Å². The van der Waals surface area contributed by atoms with Crippen molar-refractivity contribution in [2.24, 2.45) is 0 Å². The van der Waals surface area contributed by atoms with Gasteiger partial charge >= 0.3 is 95.8 Å². The molecule has 0 aromatic heterocycles. The summed E-state index contributed by atoms with van der Waals surface area (Å²) < 4.78 is 443. The monoisotopic (exact) mass is 956 g/mol. The van der Waals surface area contributed by atoms with Crippen molar-refractivity contribution < 1.29 is 140 Å². The van der Waals surface area contributed by atoms with Gasteiger partial charge in [0.25, 0.3) is 0 Å². The molecule has 0 atom stereocenters. The SMILES string of the molecule is FC(F)C(F)(F)C(F)(F)C(F)(F)C(F)(F)C(F)(F)C(F)(F)C(F)(F)Cc1ccc2ccccc2c1CC(F)(F)C(F)(F)C(F)(F)C(F)(F)C(F)(F)C(F)(F)C(F)(F)C(F)F. The zero-order valence-corrected chi connectivity index (χ0v) is 27.1. The minimum Gasteiger partial charge on any atom is -0.203 e. The Morgan fingerprint density at radius 2 is 0.600 bits per heavy atom. The first kappa shape index (κ1) is 52.6. The van der Waals surface area contributed by atoms with Crippen LogP contribution in [-0.2, 0) is 12.8 Å². The Bertz CT molecular complexity index is 1850. The summed E-state index contributed by atoms with van der Waals surface area (Å²) in [5.41, 5.74) is -5.03. The molecule has 2 aromatic rings. The molecule has 348 valence electrons. The Balaban J connectivity index is 2.85. The largest absolute Gasteiger partial charge is 0.384 e. The molecule has 32 heteroatoms. The van der Waals surface area contributed by atoms with Crippen molar-refractivity contribution in [3.63, 3.8) is 0 Å². The van der Waals surface area contributed by atoms with E-state index < -0.39 is 137 Å². The van der Waals surface area contributed by atoms with Crippen LogP contribution < -0.4 is 0 Å². The quantitative estimate of drug-likeness (QED) is 0.131. The smallest absolute Gasteiger partial charge is 0.203 e. The molecule has 0 amide bonds. The van der Waals surface area contributed by atoms with E-state index >= 15 is 0 Å². The zero-order valence-electron chi connectivity index (χ0n) is 27.1. The van der Waals surface area contributed by atoms with Crippen LogP contribution in [0.15, 0.2) is 36.4 Å². The summed E-state index contributed by atoms with van der Waals surface area (Å²) in [6.07, 6.45) is -20.1. The van der Waals surface area contributed by atoms with E-state index in [2.05, 4.69) is 0 Å². The van der Waals surface area contributed by atoms with Gasteiger partial charge < -0.3 is 0 Å². The molecular weight excluding hydrogens is 944 g/mol. The third-order valence-corrected chi connectivity index (χ3v) is 8.41. The van der Waals surface area contributed by atoms with Crippen LogP contribution in [0, 0.1) is 0 Å². The second-order valence-corrected chi connectivity index (χ2v) is 12.3. The molecule has 0 aliphatic rings. The minimum atomic E-state index is -9.03. The first-order valence-corrected chi connectivity index (χ1v) is 14.4. The highest BCUT2D eigenvalue weighted by Crippen LogP contribution is 2.65. The third kappa shape index (κ3) is 6.88.